The standard InChI is InChI=1S/C17H15ClN4O3S2/c18-14-8-6-12(7-9-14)10-11-19-27(24,25)17-22-21-16(26-17)20-15(23)13-4-2-1-3-5-13/h1-9,19H,10-11H2,(H,20,21,23). The molecular formula is C17H15ClN4O3S2. The van der Waals surface area contributed by atoms with E-state index in [2.05, 4.69) is 20.2 Å². The summed E-state index contributed by atoms with van der Waals surface area (Å²) in [6.45, 7) is 0.204. The smallest absolute Gasteiger partial charge is 0.269 e. The van der Waals surface area contributed by atoms with E-state index in [1.165, 1.54) is 0 Å². The molecule has 2 aromatic carbocycles. The van der Waals surface area contributed by atoms with Gasteiger partial charge in [0.1, 0.15) is 0 Å². The lowest BCUT2D eigenvalue weighted by Gasteiger charge is -2.04. The van der Waals surface area contributed by atoms with Gasteiger partial charge in [0.2, 0.25) is 9.47 Å². The first kappa shape index (κ1) is 19.4. The molecular weight excluding hydrogens is 408 g/mol. The van der Waals surface area contributed by atoms with Gasteiger partial charge in [-0.05, 0) is 36.2 Å². The molecule has 0 saturated heterocycles. The van der Waals surface area contributed by atoms with Crippen molar-refractivity contribution in [2.75, 3.05) is 11.9 Å². The van der Waals surface area contributed by atoms with E-state index >= 15 is 0 Å². The normalized spacial score (nSPS) is 11.3. The van der Waals surface area contributed by atoms with Gasteiger partial charge in [-0.25, -0.2) is 13.1 Å². The molecule has 0 aliphatic rings. The Morgan fingerprint density at radius 3 is 2.44 bits per heavy atom. The van der Waals surface area contributed by atoms with Crippen LogP contribution in [0, 0.1) is 0 Å². The molecule has 0 radical (unpaired) electrons. The van der Waals surface area contributed by atoms with Gasteiger partial charge in [0.15, 0.2) is 0 Å². The summed E-state index contributed by atoms with van der Waals surface area (Å²) < 4.78 is 26.9. The molecule has 0 aliphatic carbocycles. The minimum absolute atomic E-state index is 0.113. The van der Waals surface area contributed by atoms with E-state index in [0.717, 1.165) is 16.9 Å². The molecule has 0 unspecified atom stereocenters. The topological polar surface area (TPSA) is 101 Å². The number of amides is 1. The van der Waals surface area contributed by atoms with Crippen LogP contribution in [0.2, 0.25) is 5.02 Å². The average Bonchev–Trinajstić information content (AvgIpc) is 3.13. The van der Waals surface area contributed by atoms with Crippen LogP contribution in [0.4, 0.5) is 5.13 Å². The van der Waals surface area contributed by atoms with E-state index in [0.29, 0.717) is 17.0 Å². The summed E-state index contributed by atoms with van der Waals surface area (Å²) in [6.07, 6.45) is 0.507. The van der Waals surface area contributed by atoms with E-state index in [4.69, 9.17) is 11.6 Å². The van der Waals surface area contributed by atoms with Gasteiger partial charge in [-0.1, -0.05) is 53.3 Å². The molecule has 3 rings (SSSR count). The van der Waals surface area contributed by atoms with Crippen LogP contribution in [0.3, 0.4) is 0 Å². The van der Waals surface area contributed by atoms with E-state index < -0.39 is 10.0 Å². The van der Waals surface area contributed by atoms with Crippen molar-refractivity contribution in [1.29, 1.82) is 0 Å². The van der Waals surface area contributed by atoms with Gasteiger partial charge in [-0.2, -0.15) is 0 Å². The maximum Gasteiger partial charge on any atom is 0.269 e. The molecule has 27 heavy (non-hydrogen) atoms. The quantitative estimate of drug-likeness (QED) is 0.570. The average molecular weight is 423 g/mol. The highest BCUT2D eigenvalue weighted by Gasteiger charge is 2.20. The zero-order valence-corrected chi connectivity index (χ0v) is 16.3. The lowest BCUT2D eigenvalue weighted by molar-refractivity contribution is 0.102. The first-order valence-corrected chi connectivity index (χ1v) is 10.6. The molecule has 0 atom stereocenters. The summed E-state index contributed by atoms with van der Waals surface area (Å²) >= 11 is 6.61. The molecule has 1 heterocycles. The van der Waals surface area contributed by atoms with Gasteiger partial charge in [-0.3, -0.25) is 10.1 Å². The van der Waals surface area contributed by atoms with Crippen LogP contribution in [0.15, 0.2) is 58.9 Å². The van der Waals surface area contributed by atoms with E-state index in [-0.39, 0.29) is 21.9 Å². The summed E-state index contributed by atoms with van der Waals surface area (Å²) in [6, 6.07) is 15.7. The number of sulfonamides is 1. The fourth-order valence-corrected chi connectivity index (χ4v) is 4.26. The Balaban J connectivity index is 1.59. The maximum absolute atomic E-state index is 12.3. The minimum Gasteiger partial charge on any atom is -0.296 e. The summed E-state index contributed by atoms with van der Waals surface area (Å²) in [5.41, 5.74) is 1.40. The first-order valence-electron chi connectivity index (χ1n) is 7.88. The Morgan fingerprint density at radius 1 is 1.04 bits per heavy atom. The highest BCUT2D eigenvalue weighted by atomic mass is 35.5. The zero-order chi connectivity index (χ0) is 19.3. The summed E-state index contributed by atoms with van der Waals surface area (Å²) in [5, 5.41) is 10.7. The Hall–Kier alpha value is -2.33. The van der Waals surface area contributed by atoms with Crippen LogP contribution in [-0.2, 0) is 16.4 Å². The zero-order valence-electron chi connectivity index (χ0n) is 13.9. The van der Waals surface area contributed by atoms with Gasteiger partial charge in [0.25, 0.3) is 15.9 Å². The number of halogens is 1. The third-order valence-electron chi connectivity index (χ3n) is 3.51. The SMILES string of the molecule is O=C(Nc1nnc(S(=O)(=O)NCCc2ccc(Cl)cc2)s1)c1ccccc1. The molecule has 0 fully saturated rings. The van der Waals surface area contributed by atoms with Crippen molar-refractivity contribution in [2.45, 2.75) is 10.8 Å². The molecule has 0 spiro atoms. The van der Waals surface area contributed by atoms with Gasteiger partial charge in [-0.15, -0.1) is 10.2 Å². The monoisotopic (exact) mass is 422 g/mol. The number of rotatable bonds is 7. The van der Waals surface area contributed by atoms with Crippen LogP contribution < -0.4 is 10.0 Å². The Labute approximate surface area is 165 Å². The summed E-state index contributed by atoms with van der Waals surface area (Å²) in [4.78, 5) is 12.1. The molecule has 3 aromatic rings. The van der Waals surface area contributed by atoms with Crippen LogP contribution in [0.1, 0.15) is 15.9 Å². The predicted octanol–water partition coefficient (Wildman–Crippen LogP) is 2.96. The molecule has 1 amide bonds. The molecule has 7 nitrogen and oxygen atoms in total. The second kappa shape index (κ2) is 8.57. The molecule has 1 aromatic heterocycles. The predicted molar refractivity (Wildman–Crippen MR) is 105 cm³/mol. The second-order valence-electron chi connectivity index (χ2n) is 5.47. The molecule has 0 saturated carbocycles. The third kappa shape index (κ3) is 5.33. The molecule has 0 aliphatic heterocycles. The van der Waals surface area contributed by atoms with E-state index in [1.54, 1.807) is 42.5 Å². The first-order chi connectivity index (χ1) is 12.9. The largest absolute Gasteiger partial charge is 0.296 e. The van der Waals surface area contributed by atoms with Crippen molar-refractivity contribution in [3.8, 4) is 0 Å². The van der Waals surface area contributed by atoms with Crippen LogP contribution in [0.5, 0.6) is 0 Å². The van der Waals surface area contributed by atoms with Crippen molar-refractivity contribution in [3.63, 3.8) is 0 Å². The number of hydrogen-bond acceptors (Lipinski definition) is 6. The Bertz CT molecular complexity index is 1020. The number of anilines is 1. The highest BCUT2D eigenvalue weighted by molar-refractivity contribution is 7.91. The third-order valence-corrected chi connectivity index (χ3v) is 6.43. The number of nitrogens with one attached hydrogen (secondary N) is 2. The Morgan fingerprint density at radius 2 is 1.74 bits per heavy atom. The lowest BCUT2D eigenvalue weighted by Crippen LogP contribution is -2.25. The van der Waals surface area contributed by atoms with Gasteiger partial charge < -0.3 is 0 Å². The second-order valence-corrected chi connectivity index (χ2v) is 8.82. The number of benzene rings is 2. The van der Waals surface area contributed by atoms with Crippen LogP contribution in [0.25, 0.3) is 0 Å². The van der Waals surface area contributed by atoms with Gasteiger partial charge in [0.05, 0.1) is 0 Å². The van der Waals surface area contributed by atoms with Crippen molar-refractivity contribution >= 4 is 44.0 Å². The van der Waals surface area contributed by atoms with Crippen LogP contribution in [-0.4, -0.2) is 31.1 Å². The lowest BCUT2D eigenvalue weighted by atomic mass is 10.2. The molecule has 10 heteroatoms. The molecule has 0 bridgehead atoms. The Kier molecular flexibility index (Phi) is 6.17. The summed E-state index contributed by atoms with van der Waals surface area (Å²) in [5.74, 6) is -0.383. The minimum atomic E-state index is -3.80. The van der Waals surface area contributed by atoms with E-state index in [9.17, 15) is 13.2 Å². The van der Waals surface area contributed by atoms with Crippen molar-refractivity contribution in [3.05, 3.63) is 70.7 Å². The number of aromatic nitrogens is 2. The van der Waals surface area contributed by atoms with E-state index in [1.807, 2.05) is 12.1 Å². The summed E-state index contributed by atoms with van der Waals surface area (Å²) in [7, 11) is -3.80. The van der Waals surface area contributed by atoms with Crippen molar-refractivity contribution < 1.29 is 13.2 Å². The fraction of sp³-hybridized carbons (Fsp3) is 0.118. The van der Waals surface area contributed by atoms with Gasteiger partial charge >= 0.3 is 0 Å². The maximum atomic E-state index is 12.3. The molecule has 2 N–H and O–H groups in total. The number of hydrogen-bond donors (Lipinski definition) is 2. The number of carbonyl (C=O) groups is 1. The van der Waals surface area contributed by atoms with Crippen molar-refractivity contribution in [2.24, 2.45) is 0 Å². The van der Waals surface area contributed by atoms with Crippen molar-refractivity contribution in [1.82, 2.24) is 14.9 Å². The molecule has 140 valence electrons. The van der Waals surface area contributed by atoms with Crippen LogP contribution >= 0.6 is 22.9 Å². The number of nitrogens with zero attached hydrogens (tertiary/aromatic N) is 2. The fourth-order valence-electron chi connectivity index (χ4n) is 2.17. The van der Waals surface area contributed by atoms with Gasteiger partial charge in [0, 0.05) is 17.1 Å². The number of carbonyl (C=O) groups excluding carboxylic acids is 1. The highest BCUT2D eigenvalue weighted by Crippen LogP contribution is 2.20.